The van der Waals surface area contributed by atoms with Crippen LogP contribution in [-0.2, 0) is 0 Å². The van der Waals surface area contributed by atoms with Crippen LogP contribution in [0.2, 0.25) is 0 Å². The molecule has 0 spiro atoms. The number of hydrogen-bond acceptors (Lipinski definition) is 2. The maximum Gasteiger partial charge on any atom is 0.110 e. The number of hydrogen-bond donors (Lipinski definition) is 0. The molecular weight excluding hydrogens is 264 g/mol. The highest BCUT2D eigenvalue weighted by molar-refractivity contribution is 9.10. The van der Waals surface area contributed by atoms with Crippen LogP contribution >= 0.6 is 15.9 Å². The molecule has 1 aromatic rings. The molecule has 16 heavy (non-hydrogen) atoms. The van der Waals surface area contributed by atoms with E-state index in [0.29, 0.717) is 6.04 Å². The van der Waals surface area contributed by atoms with Gasteiger partial charge in [0.15, 0.2) is 0 Å². The zero-order valence-corrected chi connectivity index (χ0v) is 11.4. The van der Waals surface area contributed by atoms with Crippen molar-refractivity contribution in [1.82, 2.24) is 9.88 Å². The number of aromatic nitrogens is 1. The third-order valence-corrected chi connectivity index (χ3v) is 3.93. The summed E-state index contributed by atoms with van der Waals surface area (Å²) < 4.78 is 1.02. The van der Waals surface area contributed by atoms with E-state index in [1.807, 2.05) is 12.3 Å². The molecule has 2 nitrogen and oxygen atoms in total. The SMILES string of the molecule is CCCN1CCCCC1c1cccnc1Br. The van der Waals surface area contributed by atoms with Gasteiger partial charge in [0, 0.05) is 17.8 Å². The Balaban J connectivity index is 2.19. The standard InChI is InChI=1S/C13H19BrN2/c1-2-9-16-10-4-3-7-12(16)11-6-5-8-15-13(11)14/h5-6,8,12H,2-4,7,9-10H2,1H3. The molecule has 1 fully saturated rings. The van der Waals surface area contributed by atoms with E-state index in [2.05, 4.69) is 38.8 Å². The van der Waals surface area contributed by atoms with Crippen molar-refractivity contribution < 1.29 is 0 Å². The molecule has 0 bridgehead atoms. The Labute approximate surface area is 106 Å². The number of rotatable bonds is 3. The van der Waals surface area contributed by atoms with Crippen LogP contribution in [0.1, 0.15) is 44.2 Å². The second kappa shape index (κ2) is 5.78. The van der Waals surface area contributed by atoms with Crippen molar-refractivity contribution in [2.45, 2.75) is 38.6 Å². The van der Waals surface area contributed by atoms with E-state index < -0.39 is 0 Å². The highest BCUT2D eigenvalue weighted by Gasteiger charge is 2.24. The topological polar surface area (TPSA) is 16.1 Å². The maximum atomic E-state index is 4.34. The lowest BCUT2D eigenvalue weighted by molar-refractivity contribution is 0.148. The van der Waals surface area contributed by atoms with Crippen LogP contribution in [0, 0.1) is 0 Å². The minimum Gasteiger partial charge on any atom is -0.296 e. The fourth-order valence-electron chi connectivity index (χ4n) is 2.55. The average Bonchev–Trinajstić information content (AvgIpc) is 2.31. The van der Waals surface area contributed by atoms with Gasteiger partial charge in [-0.3, -0.25) is 4.90 Å². The number of piperidine rings is 1. The quantitative estimate of drug-likeness (QED) is 0.785. The van der Waals surface area contributed by atoms with Crippen molar-refractivity contribution in [3.8, 4) is 0 Å². The molecule has 1 atom stereocenters. The molecular formula is C13H19BrN2. The molecule has 0 saturated carbocycles. The molecule has 2 rings (SSSR count). The van der Waals surface area contributed by atoms with Crippen LogP contribution in [-0.4, -0.2) is 23.0 Å². The number of nitrogens with zero attached hydrogens (tertiary/aromatic N) is 2. The van der Waals surface area contributed by atoms with Crippen LogP contribution in [0.5, 0.6) is 0 Å². The molecule has 0 aromatic carbocycles. The summed E-state index contributed by atoms with van der Waals surface area (Å²) in [6, 6.07) is 4.81. The predicted octanol–water partition coefficient (Wildman–Crippen LogP) is 3.78. The molecule has 0 amide bonds. The van der Waals surface area contributed by atoms with Gasteiger partial charge in [0.1, 0.15) is 4.60 Å². The van der Waals surface area contributed by atoms with Gasteiger partial charge in [-0.2, -0.15) is 0 Å². The molecule has 1 unspecified atom stereocenters. The first-order valence-electron chi connectivity index (χ1n) is 6.17. The Morgan fingerprint density at radius 1 is 1.50 bits per heavy atom. The lowest BCUT2D eigenvalue weighted by atomic mass is 9.96. The Hall–Kier alpha value is -0.410. The van der Waals surface area contributed by atoms with Gasteiger partial charge in [0.25, 0.3) is 0 Å². The fourth-order valence-corrected chi connectivity index (χ4v) is 3.06. The lowest BCUT2D eigenvalue weighted by Crippen LogP contribution is -2.34. The van der Waals surface area contributed by atoms with E-state index in [4.69, 9.17) is 0 Å². The number of halogens is 1. The van der Waals surface area contributed by atoms with Gasteiger partial charge in [0.2, 0.25) is 0 Å². The summed E-state index contributed by atoms with van der Waals surface area (Å²) in [7, 11) is 0. The fraction of sp³-hybridized carbons (Fsp3) is 0.615. The van der Waals surface area contributed by atoms with E-state index in [1.54, 1.807) is 0 Å². The first kappa shape index (κ1) is 12.1. The van der Waals surface area contributed by atoms with Gasteiger partial charge in [-0.05, 0) is 54.3 Å². The Bertz CT molecular complexity index is 338. The predicted molar refractivity (Wildman–Crippen MR) is 70.4 cm³/mol. The van der Waals surface area contributed by atoms with Crippen molar-refractivity contribution in [3.63, 3.8) is 0 Å². The summed E-state index contributed by atoms with van der Waals surface area (Å²) in [6.45, 7) is 4.69. The molecule has 0 N–H and O–H groups in total. The molecule has 1 aliphatic heterocycles. The summed E-state index contributed by atoms with van der Waals surface area (Å²) in [6.07, 6.45) is 7.03. The van der Waals surface area contributed by atoms with E-state index in [1.165, 1.54) is 44.3 Å². The van der Waals surface area contributed by atoms with Crippen LogP contribution in [0.15, 0.2) is 22.9 Å². The Morgan fingerprint density at radius 3 is 3.12 bits per heavy atom. The zero-order valence-electron chi connectivity index (χ0n) is 9.82. The van der Waals surface area contributed by atoms with Crippen molar-refractivity contribution in [3.05, 3.63) is 28.5 Å². The molecule has 3 heteroatoms. The minimum absolute atomic E-state index is 0.566. The minimum atomic E-state index is 0.566. The monoisotopic (exact) mass is 282 g/mol. The number of likely N-dealkylation sites (tertiary alicyclic amines) is 1. The third-order valence-electron chi connectivity index (χ3n) is 3.27. The van der Waals surface area contributed by atoms with Gasteiger partial charge in [-0.15, -0.1) is 0 Å². The highest BCUT2D eigenvalue weighted by Crippen LogP contribution is 2.33. The van der Waals surface area contributed by atoms with Crippen molar-refractivity contribution in [2.24, 2.45) is 0 Å². The van der Waals surface area contributed by atoms with Crippen molar-refractivity contribution in [1.29, 1.82) is 0 Å². The largest absolute Gasteiger partial charge is 0.296 e. The molecule has 1 aromatic heterocycles. The molecule has 0 aliphatic carbocycles. The van der Waals surface area contributed by atoms with Crippen LogP contribution in [0.4, 0.5) is 0 Å². The van der Waals surface area contributed by atoms with Gasteiger partial charge < -0.3 is 0 Å². The van der Waals surface area contributed by atoms with Crippen LogP contribution < -0.4 is 0 Å². The first-order valence-corrected chi connectivity index (χ1v) is 6.96. The molecule has 1 saturated heterocycles. The molecule has 2 heterocycles. The highest BCUT2D eigenvalue weighted by atomic mass is 79.9. The van der Waals surface area contributed by atoms with E-state index in [9.17, 15) is 0 Å². The molecule has 88 valence electrons. The second-order valence-electron chi connectivity index (χ2n) is 4.43. The normalized spacial score (nSPS) is 22.2. The smallest absolute Gasteiger partial charge is 0.110 e. The van der Waals surface area contributed by atoms with Gasteiger partial charge in [-0.1, -0.05) is 19.4 Å². The zero-order chi connectivity index (χ0) is 11.4. The van der Waals surface area contributed by atoms with Crippen LogP contribution in [0.25, 0.3) is 0 Å². The Morgan fingerprint density at radius 2 is 2.38 bits per heavy atom. The first-order chi connectivity index (χ1) is 7.83. The molecule has 0 radical (unpaired) electrons. The van der Waals surface area contributed by atoms with E-state index in [-0.39, 0.29) is 0 Å². The maximum absolute atomic E-state index is 4.34. The number of pyridine rings is 1. The van der Waals surface area contributed by atoms with Crippen molar-refractivity contribution >= 4 is 15.9 Å². The average molecular weight is 283 g/mol. The second-order valence-corrected chi connectivity index (χ2v) is 5.18. The summed E-state index contributed by atoms with van der Waals surface area (Å²) >= 11 is 3.57. The van der Waals surface area contributed by atoms with E-state index in [0.717, 1.165) is 4.60 Å². The summed E-state index contributed by atoms with van der Waals surface area (Å²) in [4.78, 5) is 6.94. The molecule has 1 aliphatic rings. The lowest BCUT2D eigenvalue weighted by Gasteiger charge is -2.36. The van der Waals surface area contributed by atoms with Gasteiger partial charge in [-0.25, -0.2) is 4.98 Å². The van der Waals surface area contributed by atoms with Crippen molar-refractivity contribution in [2.75, 3.05) is 13.1 Å². The Kier molecular flexibility index (Phi) is 4.36. The summed E-state index contributed by atoms with van der Waals surface area (Å²) in [5.74, 6) is 0. The summed E-state index contributed by atoms with van der Waals surface area (Å²) in [5, 5.41) is 0. The van der Waals surface area contributed by atoms with E-state index >= 15 is 0 Å². The van der Waals surface area contributed by atoms with Gasteiger partial charge >= 0.3 is 0 Å². The van der Waals surface area contributed by atoms with Gasteiger partial charge in [0.05, 0.1) is 0 Å². The summed E-state index contributed by atoms with van der Waals surface area (Å²) in [5.41, 5.74) is 1.36. The van der Waals surface area contributed by atoms with Crippen LogP contribution in [0.3, 0.4) is 0 Å². The third kappa shape index (κ3) is 2.64.